The van der Waals surface area contributed by atoms with E-state index >= 15 is 0 Å². The molecule has 0 saturated carbocycles. The first kappa shape index (κ1) is 19.8. The fourth-order valence-corrected chi connectivity index (χ4v) is 4.14. The van der Waals surface area contributed by atoms with E-state index in [1.807, 2.05) is 24.3 Å². The molecular formula is C25H19FN2O4. The number of halogens is 1. The lowest BCUT2D eigenvalue weighted by Gasteiger charge is -2.12. The quantitative estimate of drug-likeness (QED) is 0.348. The second-order valence-corrected chi connectivity index (χ2v) is 7.25. The van der Waals surface area contributed by atoms with Crippen molar-refractivity contribution in [3.05, 3.63) is 84.1 Å². The molecule has 2 aromatic carbocycles. The van der Waals surface area contributed by atoms with E-state index in [9.17, 15) is 9.18 Å². The third kappa shape index (κ3) is 3.01. The highest BCUT2D eigenvalue weighted by molar-refractivity contribution is 6.17. The smallest absolute Gasteiger partial charge is 0.355 e. The predicted molar refractivity (Wildman–Crippen MR) is 118 cm³/mol. The molecule has 0 spiro atoms. The fourth-order valence-electron chi connectivity index (χ4n) is 4.14. The van der Waals surface area contributed by atoms with Crippen LogP contribution in [0, 0.1) is 5.82 Å². The second kappa shape index (κ2) is 7.85. The number of benzene rings is 2. The summed E-state index contributed by atoms with van der Waals surface area (Å²) in [5, 5.41) is 1.58. The Balaban J connectivity index is 1.94. The van der Waals surface area contributed by atoms with E-state index in [2.05, 4.69) is 4.98 Å². The first-order chi connectivity index (χ1) is 15.6. The van der Waals surface area contributed by atoms with Crippen molar-refractivity contribution in [3.63, 3.8) is 0 Å². The Labute approximate surface area is 182 Å². The van der Waals surface area contributed by atoms with E-state index in [-0.39, 0.29) is 18.1 Å². The maximum absolute atomic E-state index is 14.6. The molecule has 3 aromatic heterocycles. The van der Waals surface area contributed by atoms with Gasteiger partial charge in [0.15, 0.2) is 0 Å². The van der Waals surface area contributed by atoms with Crippen LogP contribution in [0.15, 0.2) is 71.5 Å². The molecule has 0 saturated heterocycles. The number of nitrogens with zero attached hydrogens (tertiary/aromatic N) is 2. The molecule has 6 nitrogen and oxygen atoms in total. The molecule has 0 unspecified atom stereocenters. The molecule has 0 bridgehead atoms. The first-order valence-electron chi connectivity index (χ1n) is 9.97. The van der Waals surface area contributed by atoms with Crippen molar-refractivity contribution in [2.24, 2.45) is 0 Å². The van der Waals surface area contributed by atoms with Crippen LogP contribution < -0.4 is 4.74 Å². The lowest BCUT2D eigenvalue weighted by Crippen LogP contribution is -2.13. The molecule has 0 radical (unpaired) electrons. The first-order valence-corrected chi connectivity index (χ1v) is 9.97. The van der Waals surface area contributed by atoms with Crippen molar-refractivity contribution < 1.29 is 23.1 Å². The minimum atomic E-state index is -0.557. The van der Waals surface area contributed by atoms with Crippen LogP contribution >= 0.6 is 0 Å². The van der Waals surface area contributed by atoms with E-state index in [1.54, 1.807) is 41.3 Å². The summed E-state index contributed by atoms with van der Waals surface area (Å²) in [5.41, 5.74) is 3.20. The lowest BCUT2D eigenvalue weighted by atomic mass is 10.0. The summed E-state index contributed by atoms with van der Waals surface area (Å²) >= 11 is 0. The van der Waals surface area contributed by atoms with Crippen molar-refractivity contribution in [3.8, 4) is 17.0 Å². The van der Waals surface area contributed by atoms with Gasteiger partial charge in [0.1, 0.15) is 17.1 Å². The number of hydrogen-bond donors (Lipinski definition) is 0. The molecule has 0 N–H and O–H groups in total. The number of hydrogen-bond acceptors (Lipinski definition) is 5. The van der Waals surface area contributed by atoms with Crippen molar-refractivity contribution in [2.75, 3.05) is 14.2 Å². The van der Waals surface area contributed by atoms with Gasteiger partial charge < -0.3 is 18.5 Å². The molecule has 5 rings (SSSR count). The van der Waals surface area contributed by atoms with Crippen LogP contribution in [0.2, 0.25) is 0 Å². The van der Waals surface area contributed by atoms with Gasteiger partial charge in [-0.15, -0.1) is 0 Å². The van der Waals surface area contributed by atoms with Crippen LogP contribution in [0.4, 0.5) is 4.39 Å². The van der Waals surface area contributed by atoms with E-state index < -0.39 is 5.97 Å². The van der Waals surface area contributed by atoms with Gasteiger partial charge in [-0.25, -0.2) is 14.2 Å². The van der Waals surface area contributed by atoms with Gasteiger partial charge in [-0.1, -0.05) is 18.2 Å². The Kier molecular flexibility index (Phi) is 4.86. The molecule has 0 aliphatic carbocycles. The summed E-state index contributed by atoms with van der Waals surface area (Å²) < 4.78 is 32.8. The van der Waals surface area contributed by atoms with Crippen LogP contribution in [-0.2, 0) is 11.3 Å². The van der Waals surface area contributed by atoms with Gasteiger partial charge >= 0.3 is 5.97 Å². The third-order valence-corrected chi connectivity index (χ3v) is 5.55. The monoisotopic (exact) mass is 430 g/mol. The van der Waals surface area contributed by atoms with Gasteiger partial charge in [-0.2, -0.15) is 0 Å². The molecule has 3 heterocycles. The van der Waals surface area contributed by atoms with Gasteiger partial charge in [0.25, 0.3) is 0 Å². The van der Waals surface area contributed by atoms with Crippen molar-refractivity contribution in [1.29, 1.82) is 0 Å². The van der Waals surface area contributed by atoms with Gasteiger partial charge in [0.2, 0.25) is 5.88 Å². The minimum Gasteiger partial charge on any atom is -0.481 e. The Morgan fingerprint density at radius 1 is 1.09 bits per heavy atom. The second-order valence-electron chi connectivity index (χ2n) is 7.25. The van der Waals surface area contributed by atoms with Gasteiger partial charge in [-0.3, -0.25) is 0 Å². The zero-order valence-electron chi connectivity index (χ0n) is 17.5. The third-order valence-electron chi connectivity index (χ3n) is 5.55. The summed E-state index contributed by atoms with van der Waals surface area (Å²) in [7, 11) is 2.84. The Morgan fingerprint density at radius 2 is 1.94 bits per heavy atom. The fraction of sp³-hybridized carbons (Fsp3) is 0.120. The molecule has 0 amide bonds. The molecule has 160 valence electrons. The summed E-state index contributed by atoms with van der Waals surface area (Å²) in [6.45, 7) is 0.127. The van der Waals surface area contributed by atoms with Crippen LogP contribution in [0.3, 0.4) is 0 Å². The maximum atomic E-state index is 14.6. The number of carbonyl (C=O) groups excluding carboxylic acids is 1. The summed E-state index contributed by atoms with van der Waals surface area (Å²) in [6.07, 6.45) is 3.21. The topological polar surface area (TPSA) is 66.5 Å². The number of furan rings is 1. The molecule has 5 aromatic rings. The van der Waals surface area contributed by atoms with Crippen molar-refractivity contribution in [2.45, 2.75) is 6.54 Å². The normalized spacial score (nSPS) is 11.2. The molecule has 0 atom stereocenters. The van der Waals surface area contributed by atoms with Crippen LogP contribution in [0.1, 0.15) is 16.1 Å². The number of carbonyl (C=O) groups is 1. The average Bonchev–Trinajstić information content (AvgIpc) is 3.42. The lowest BCUT2D eigenvalue weighted by molar-refractivity contribution is 0.0590. The van der Waals surface area contributed by atoms with Crippen molar-refractivity contribution >= 4 is 27.8 Å². The Hall–Kier alpha value is -4.13. The van der Waals surface area contributed by atoms with Gasteiger partial charge in [-0.05, 0) is 36.4 Å². The number of pyridine rings is 1. The SMILES string of the molecule is COC(=O)c1c(-c2cccnc2OC)c2c3occc3ccc2n1Cc1ccccc1F. The van der Waals surface area contributed by atoms with E-state index in [0.717, 1.165) is 5.39 Å². The number of rotatable bonds is 5. The maximum Gasteiger partial charge on any atom is 0.355 e. The standard InChI is InChI=1S/C25H19FN2O4/c1-30-24-17(7-5-12-27-24)20-21-19(10-9-15-11-13-32-23(15)21)28(22(20)25(29)31-2)14-16-6-3-4-8-18(16)26/h3-13H,14H2,1-2H3. The largest absolute Gasteiger partial charge is 0.481 e. The number of esters is 1. The number of aromatic nitrogens is 2. The van der Waals surface area contributed by atoms with Crippen LogP contribution in [0.5, 0.6) is 5.88 Å². The summed E-state index contributed by atoms with van der Waals surface area (Å²) in [5.74, 6) is -0.561. The highest BCUT2D eigenvalue weighted by atomic mass is 19.1. The molecule has 0 fully saturated rings. The summed E-state index contributed by atoms with van der Waals surface area (Å²) in [6, 6.07) is 15.7. The number of ether oxygens (including phenoxy) is 2. The highest BCUT2D eigenvalue weighted by Crippen LogP contribution is 2.43. The molecule has 32 heavy (non-hydrogen) atoms. The number of methoxy groups -OCH3 is 2. The molecule has 7 heteroatoms. The zero-order valence-corrected chi connectivity index (χ0v) is 17.5. The van der Waals surface area contributed by atoms with Crippen LogP contribution in [-0.4, -0.2) is 29.7 Å². The Bertz CT molecular complexity index is 1470. The predicted octanol–water partition coefficient (Wildman–Crippen LogP) is 5.43. The molecule has 0 aliphatic rings. The molecular weight excluding hydrogens is 411 g/mol. The zero-order chi connectivity index (χ0) is 22.2. The van der Waals surface area contributed by atoms with E-state index in [4.69, 9.17) is 13.9 Å². The highest BCUT2D eigenvalue weighted by Gasteiger charge is 2.29. The summed E-state index contributed by atoms with van der Waals surface area (Å²) in [4.78, 5) is 17.4. The Morgan fingerprint density at radius 3 is 2.72 bits per heavy atom. The van der Waals surface area contributed by atoms with Crippen molar-refractivity contribution in [1.82, 2.24) is 9.55 Å². The average molecular weight is 430 g/mol. The van der Waals surface area contributed by atoms with Gasteiger partial charge in [0.05, 0.1) is 37.9 Å². The van der Waals surface area contributed by atoms with E-state index in [1.165, 1.54) is 20.3 Å². The molecule has 0 aliphatic heterocycles. The minimum absolute atomic E-state index is 0.127. The van der Waals surface area contributed by atoms with Crippen LogP contribution in [0.25, 0.3) is 33.0 Å². The van der Waals surface area contributed by atoms with Gasteiger partial charge in [0, 0.05) is 28.3 Å². The van der Waals surface area contributed by atoms with E-state index in [0.29, 0.717) is 39.1 Å². The number of fused-ring (bicyclic) bond motifs is 3.